The summed E-state index contributed by atoms with van der Waals surface area (Å²) in [5, 5.41) is 5.55. The predicted octanol–water partition coefficient (Wildman–Crippen LogP) is 3.20. The molecule has 3 rings (SSSR count). The van der Waals surface area contributed by atoms with Crippen molar-refractivity contribution in [2.45, 2.75) is 6.42 Å². The number of anilines is 2. The molecule has 2 N–H and O–H groups in total. The molecule has 0 radical (unpaired) electrons. The van der Waals surface area contributed by atoms with E-state index in [-0.39, 0.29) is 11.8 Å². The van der Waals surface area contributed by atoms with Gasteiger partial charge in [-0.2, -0.15) is 0 Å². The van der Waals surface area contributed by atoms with Crippen molar-refractivity contribution in [3.05, 3.63) is 58.1 Å². The van der Waals surface area contributed by atoms with Crippen molar-refractivity contribution in [1.82, 2.24) is 0 Å². The SMILES string of the molecule is O=C1Cc2ccc(C(=O)Nc3ccc(Br)cc3)cc2N1. The highest BCUT2D eigenvalue weighted by atomic mass is 79.9. The van der Waals surface area contributed by atoms with Crippen LogP contribution in [0.4, 0.5) is 11.4 Å². The molecule has 0 unspecified atom stereocenters. The molecule has 0 fully saturated rings. The monoisotopic (exact) mass is 330 g/mol. The summed E-state index contributed by atoms with van der Waals surface area (Å²) in [6, 6.07) is 12.6. The van der Waals surface area contributed by atoms with Crippen LogP contribution < -0.4 is 10.6 Å². The molecular weight excluding hydrogens is 320 g/mol. The first-order valence-corrected chi connectivity index (χ1v) is 6.91. The molecule has 4 nitrogen and oxygen atoms in total. The van der Waals surface area contributed by atoms with E-state index in [1.165, 1.54) is 0 Å². The van der Waals surface area contributed by atoms with Crippen molar-refractivity contribution in [1.29, 1.82) is 0 Å². The van der Waals surface area contributed by atoms with Gasteiger partial charge in [0, 0.05) is 21.4 Å². The Morgan fingerprint density at radius 1 is 1.15 bits per heavy atom. The van der Waals surface area contributed by atoms with E-state index in [4.69, 9.17) is 0 Å². The third kappa shape index (κ3) is 2.58. The average molecular weight is 331 g/mol. The fraction of sp³-hybridized carbons (Fsp3) is 0.0667. The molecule has 0 bridgehead atoms. The van der Waals surface area contributed by atoms with Crippen LogP contribution in [-0.2, 0) is 11.2 Å². The molecule has 0 saturated heterocycles. The zero-order valence-corrected chi connectivity index (χ0v) is 12.0. The topological polar surface area (TPSA) is 58.2 Å². The van der Waals surface area contributed by atoms with E-state index < -0.39 is 0 Å². The van der Waals surface area contributed by atoms with E-state index in [2.05, 4.69) is 26.6 Å². The fourth-order valence-electron chi connectivity index (χ4n) is 2.09. The third-order valence-electron chi connectivity index (χ3n) is 3.10. The highest BCUT2D eigenvalue weighted by Crippen LogP contribution is 2.24. The van der Waals surface area contributed by atoms with Gasteiger partial charge in [-0.25, -0.2) is 0 Å². The second-order valence-electron chi connectivity index (χ2n) is 4.56. The lowest BCUT2D eigenvalue weighted by Gasteiger charge is -2.07. The molecule has 0 aliphatic carbocycles. The number of hydrogen-bond acceptors (Lipinski definition) is 2. The zero-order chi connectivity index (χ0) is 14.1. The lowest BCUT2D eigenvalue weighted by atomic mass is 10.1. The van der Waals surface area contributed by atoms with E-state index in [1.807, 2.05) is 30.3 Å². The van der Waals surface area contributed by atoms with Gasteiger partial charge in [-0.15, -0.1) is 0 Å². The van der Waals surface area contributed by atoms with Crippen LogP contribution in [0.2, 0.25) is 0 Å². The molecule has 2 aromatic rings. The number of fused-ring (bicyclic) bond motifs is 1. The van der Waals surface area contributed by atoms with E-state index >= 15 is 0 Å². The minimum Gasteiger partial charge on any atom is -0.326 e. The highest BCUT2D eigenvalue weighted by molar-refractivity contribution is 9.10. The number of nitrogens with one attached hydrogen (secondary N) is 2. The minimum absolute atomic E-state index is 0.0366. The number of halogens is 1. The Morgan fingerprint density at radius 2 is 1.90 bits per heavy atom. The van der Waals surface area contributed by atoms with Gasteiger partial charge < -0.3 is 10.6 Å². The lowest BCUT2D eigenvalue weighted by Crippen LogP contribution is -2.12. The molecule has 0 atom stereocenters. The number of carbonyl (C=O) groups excluding carboxylic acids is 2. The van der Waals surface area contributed by atoms with E-state index in [1.54, 1.807) is 12.1 Å². The Hall–Kier alpha value is -2.14. The van der Waals surface area contributed by atoms with Crippen molar-refractivity contribution < 1.29 is 9.59 Å². The van der Waals surface area contributed by atoms with Crippen LogP contribution in [0.5, 0.6) is 0 Å². The first kappa shape index (κ1) is 12.9. The fourth-order valence-corrected chi connectivity index (χ4v) is 2.36. The van der Waals surface area contributed by atoms with Crippen LogP contribution in [0.3, 0.4) is 0 Å². The van der Waals surface area contributed by atoms with E-state index in [9.17, 15) is 9.59 Å². The molecule has 0 spiro atoms. The van der Waals surface area contributed by atoms with Crippen LogP contribution in [0.25, 0.3) is 0 Å². The summed E-state index contributed by atoms with van der Waals surface area (Å²) in [6.45, 7) is 0. The molecule has 20 heavy (non-hydrogen) atoms. The van der Waals surface area contributed by atoms with Crippen LogP contribution in [0, 0.1) is 0 Å². The molecule has 0 aromatic heterocycles. The van der Waals surface area contributed by atoms with Gasteiger partial charge >= 0.3 is 0 Å². The van der Waals surface area contributed by atoms with Gasteiger partial charge in [0.2, 0.25) is 5.91 Å². The summed E-state index contributed by atoms with van der Waals surface area (Å²) < 4.78 is 0.954. The second-order valence-corrected chi connectivity index (χ2v) is 5.47. The molecule has 0 saturated carbocycles. The van der Waals surface area contributed by atoms with Gasteiger partial charge in [0.05, 0.1) is 6.42 Å². The summed E-state index contributed by atoms with van der Waals surface area (Å²) in [6.07, 6.45) is 0.379. The first-order valence-electron chi connectivity index (χ1n) is 6.11. The first-order chi connectivity index (χ1) is 9.61. The Labute approximate surface area is 124 Å². The molecule has 1 aliphatic heterocycles. The molecule has 1 heterocycles. The van der Waals surface area contributed by atoms with Crippen LogP contribution >= 0.6 is 15.9 Å². The molecule has 1 aliphatic rings. The maximum atomic E-state index is 12.1. The van der Waals surface area contributed by atoms with Gasteiger partial charge in [0.1, 0.15) is 0 Å². The summed E-state index contributed by atoms with van der Waals surface area (Å²) in [5.41, 5.74) is 2.89. The number of rotatable bonds is 2. The maximum absolute atomic E-state index is 12.1. The normalized spacial score (nSPS) is 12.8. The van der Waals surface area contributed by atoms with Gasteiger partial charge in [-0.05, 0) is 42.0 Å². The van der Waals surface area contributed by atoms with Crippen molar-refractivity contribution in [2.75, 3.05) is 10.6 Å². The van der Waals surface area contributed by atoms with Crippen molar-refractivity contribution in [2.24, 2.45) is 0 Å². The largest absolute Gasteiger partial charge is 0.326 e. The quantitative estimate of drug-likeness (QED) is 0.888. The number of carbonyl (C=O) groups is 2. The molecular formula is C15H11BrN2O2. The summed E-state index contributed by atoms with van der Waals surface area (Å²) >= 11 is 3.34. The van der Waals surface area contributed by atoms with Gasteiger partial charge in [0.25, 0.3) is 5.91 Å². The van der Waals surface area contributed by atoms with Gasteiger partial charge in [-0.3, -0.25) is 9.59 Å². The molecule has 5 heteroatoms. The second kappa shape index (κ2) is 5.09. The summed E-state index contributed by atoms with van der Waals surface area (Å²) in [4.78, 5) is 23.4. The Bertz CT molecular complexity index is 696. The Kier molecular flexibility index (Phi) is 3.28. The van der Waals surface area contributed by atoms with Crippen LogP contribution in [0.1, 0.15) is 15.9 Å². The number of benzene rings is 2. The minimum atomic E-state index is -0.198. The van der Waals surface area contributed by atoms with Crippen molar-refractivity contribution in [3.63, 3.8) is 0 Å². The lowest BCUT2D eigenvalue weighted by molar-refractivity contribution is -0.115. The summed E-state index contributed by atoms with van der Waals surface area (Å²) in [7, 11) is 0. The molecule has 100 valence electrons. The number of hydrogen-bond donors (Lipinski definition) is 2. The van der Waals surface area contributed by atoms with Gasteiger partial charge in [0.15, 0.2) is 0 Å². The smallest absolute Gasteiger partial charge is 0.255 e. The van der Waals surface area contributed by atoms with Crippen molar-refractivity contribution in [3.8, 4) is 0 Å². The average Bonchev–Trinajstić information content (AvgIpc) is 2.80. The molecule has 2 aromatic carbocycles. The third-order valence-corrected chi connectivity index (χ3v) is 3.63. The number of amides is 2. The maximum Gasteiger partial charge on any atom is 0.255 e. The standard InChI is InChI=1S/C15H11BrN2O2/c16-11-3-5-12(6-4-11)17-15(20)10-2-1-9-8-14(19)18-13(9)7-10/h1-7H,8H2,(H,17,20)(H,18,19). The van der Waals surface area contributed by atoms with E-state index in [0.29, 0.717) is 12.0 Å². The van der Waals surface area contributed by atoms with Crippen LogP contribution in [-0.4, -0.2) is 11.8 Å². The Balaban J connectivity index is 1.79. The van der Waals surface area contributed by atoms with Crippen LogP contribution in [0.15, 0.2) is 46.9 Å². The summed E-state index contributed by atoms with van der Waals surface area (Å²) in [5.74, 6) is -0.235. The Morgan fingerprint density at radius 3 is 2.65 bits per heavy atom. The van der Waals surface area contributed by atoms with Crippen molar-refractivity contribution >= 4 is 39.1 Å². The van der Waals surface area contributed by atoms with Gasteiger partial charge in [-0.1, -0.05) is 22.0 Å². The highest BCUT2D eigenvalue weighted by Gasteiger charge is 2.19. The molecule has 2 amide bonds. The van der Waals surface area contributed by atoms with E-state index in [0.717, 1.165) is 21.4 Å². The zero-order valence-electron chi connectivity index (χ0n) is 10.4. The predicted molar refractivity (Wildman–Crippen MR) is 80.9 cm³/mol.